The summed E-state index contributed by atoms with van der Waals surface area (Å²) in [6.45, 7) is 4.15. The smallest absolute Gasteiger partial charge is 0.812 e. The Morgan fingerprint density at radius 2 is 1.40 bits per heavy atom. The predicted molar refractivity (Wildman–Crippen MR) is 58.1 cm³/mol. The molecule has 3 nitrogen and oxygen atoms in total. The number of hydrogen-bond donors (Lipinski definition) is 0. The van der Waals surface area contributed by atoms with Crippen LogP contribution in [0, 0.1) is 11.8 Å². The average molecular weight is 302 g/mol. The first-order chi connectivity index (χ1) is 6.20. The molecule has 0 amide bonds. The molecule has 0 heterocycles. The van der Waals surface area contributed by atoms with E-state index in [1.165, 1.54) is 0 Å². The Morgan fingerprint density at radius 1 is 1.07 bits per heavy atom. The van der Waals surface area contributed by atoms with Gasteiger partial charge in [0, 0.05) is 0 Å². The second-order valence-electron chi connectivity index (χ2n) is 4.43. The van der Waals surface area contributed by atoms with E-state index in [-0.39, 0.29) is 23.2 Å². The van der Waals surface area contributed by atoms with Crippen molar-refractivity contribution in [2.45, 2.75) is 46.6 Å². The largest absolute Gasteiger partial charge is 2.00 e. The van der Waals surface area contributed by atoms with E-state index in [1.807, 2.05) is 27.7 Å². The van der Waals surface area contributed by atoms with Crippen molar-refractivity contribution in [3.8, 4) is 0 Å². The van der Waals surface area contributed by atoms with E-state index >= 15 is 0 Å². The average Bonchev–Trinajstić information content (AvgIpc) is 1.77. The van der Waals surface area contributed by atoms with Crippen LogP contribution in [0.4, 0.5) is 0 Å². The summed E-state index contributed by atoms with van der Waals surface area (Å²) in [6.07, 6.45) is 1.22. The zero-order valence-corrected chi connectivity index (χ0v) is 12.2. The van der Waals surface area contributed by atoms with Gasteiger partial charge in [0.2, 0.25) is 0 Å². The minimum absolute atomic E-state index is 0. The third kappa shape index (κ3) is 13.0. The molecule has 0 saturated carbocycles. The molecule has 0 aromatic carbocycles. The Balaban J connectivity index is 0. The first-order valence-corrected chi connectivity index (χ1v) is 7.46. The quantitative estimate of drug-likeness (QED) is 0.550. The van der Waals surface area contributed by atoms with Crippen LogP contribution in [0.1, 0.15) is 40.5 Å². The Labute approximate surface area is 108 Å². The topological polar surface area (TPSA) is 55.3 Å². The predicted octanol–water partition coefficient (Wildman–Crippen LogP) is 1.41. The molecule has 0 rings (SSSR count). The van der Waals surface area contributed by atoms with E-state index in [2.05, 4.69) is 11.8 Å². The van der Waals surface area contributed by atoms with Crippen LogP contribution >= 0.6 is 6.72 Å². The Kier molecular flexibility index (Phi) is 10.1. The van der Waals surface area contributed by atoms with Crippen molar-refractivity contribution in [2.24, 2.45) is 11.8 Å². The monoisotopic (exact) mass is 301 g/mol. The minimum Gasteiger partial charge on any atom is -0.812 e. The van der Waals surface area contributed by atoms with Crippen LogP contribution in [0.2, 0.25) is 0 Å². The molecule has 0 bridgehead atoms. The summed E-state index contributed by atoms with van der Waals surface area (Å²) >= 11 is 4.24. The molecule has 0 aromatic heterocycles. The van der Waals surface area contributed by atoms with Gasteiger partial charge in [-0.15, -0.1) is 11.8 Å². The molecule has 0 aromatic rings. The molecule has 0 spiro atoms. The fourth-order valence-corrected chi connectivity index (χ4v) is 2.32. The maximum Gasteiger partial charge on any atom is 2.00 e. The summed E-state index contributed by atoms with van der Waals surface area (Å²) in [5, 5.41) is 0. The molecule has 0 aliphatic heterocycles. The second-order valence-corrected chi connectivity index (χ2v) is 6.88. The normalized spacial score (nSPS) is 12.3. The standard InChI is InChI=1S/C9H21O3PS.Cu/c1-7(2)5-9(6-8(3)4)12-13(10,11)14;/h7-9H,5-6H2,1-4H3,(H2,10,11,14);/q;+2/p-2. The number of rotatable bonds is 6. The van der Waals surface area contributed by atoms with Gasteiger partial charge in [0.05, 0.1) is 6.10 Å². The van der Waals surface area contributed by atoms with Gasteiger partial charge in [0.1, 0.15) is 0 Å². The van der Waals surface area contributed by atoms with Crippen molar-refractivity contribution in [1.82, 2.24) is 0 Å². The molecule has 0 N–H and O–H groups in total. The Morgan fingerprint density at radius 3 is 1.60 bits per heavy atom. The summed E-state index contributed by atoms with van der Waals surface area (Å²) in [5.41, 5.74) is 0. The molecule has 15 heavy (non-hydrogen) atoms. The first-order valence-electron chi connectivity index (χ1n) is 4.91. The van der Waals surface area contributed by atoms with Crippen molar-refractivity contribution in [1.29, 1.82) is 0 Å². The maximum atomic E-state index is 10.8. The third-order valence-electron chi connectivity index (χ3n) is 1.75. The van der Waals surface area contributed by atoms with Gasteiger partial charge >= 0.3 is 17.1 Å². The van der Waals surface area contributed by atoms with E-state index in [1.54, 1.807) is 0 Å². The summed E-state index contributed by atoms with van der Waals surface area (Å²) in [6, 6.07) is 0. The van der Waals surface area contributed by atoms with Crippen molar-refractivity contribution in [2.75, 3.05) is 0 Å². The molecule has 0 aliphatic rings. The molecule has 0 fully saturated rings. The fourth-order valence-electron chi connectivity index (χ4n) is 1.42. The zero-order chi connectivity index (χ0) is 11.4. The molecule has 6 heteroatoms. The van der Waals surface area contributed by atoms with E-state index in [4.69, 9.17) is 4.52 Å². The summed E-state index contributed by atoms with van der Waals surface area (Å²) in [5.74, 6) is 0.834. The van der Waals surface area contributed by atoms with Crippen LogP contribution in [0.5, 0.6) is 0 Å². The van der Waals surface area contributed by atoms with Gasteiger partial charge in [-0.1, -0.05) is 34.4 Å². The third-order valence-corrected chi connectivity index (χ3v) is 2.56. The van der Waals surface area contributed by atoms with E-state index in [9.17, 15) is 9.79 Å². The molecular formula is C9H19CuO3PS. The van der Waals surface area contributed by atoms with Gasteiger partial charge in [0.15, 0.2) is 0 Å². The minimum atomic E-state index is -4.00. The van der Waals surface area contributed by atoms with Gasteiger partial charge in [-0.3, -0.25) is 0 Å². The Bertz CT molecular complexity index is 196. The van der Waals surface area contributed by atoms with Crippen LogP contribution < -0.4 is 9.79 Å². The zero-order valence-electron chi connectivity index (χ0n) is 9.53. The van der Waals surface area contributed by atoms with Crippen molar-refractivity contribution in [3.63, 3.8) is 0 Å². The molecule has 0 atom stereocenters. The van der Waals surface area contributed by atoms with Crippen molar-refractivity contribution in [3.05, 3.63) is 0 Å². The Hall–Kier alpha value is 1.05. The summed E-state index contributed by atoms with van der Waals surface area (Å²) < 4.78 is 4.87. The van der Waals surface area contributed by atoms with Crippen LogP contribution in [0.15, 0.2) is 0 Å². The molecular weight excluding hydrogens is 283 g/mol. The van der Waals surface area contributed by atoms with Crippen LogP contribution in [-0.4, -0.2) is 6.10 Å². The summed E-state index contributed by atoms with van der Waals surface area (Å²) in [4.78, 5) is 21.7. The summed E-state index contributed by atoms with van der Waals surface area (Å²) in [7, 11) is 0. The van der Waals surface area contributed by atoms with Gasteiger partial charge in [0.25, 0.3) is 0 Å². The number of hydrogen-bond acceptors (Lipinski definition) is 4. The molecule has 1 radical (unpaired) electrons. The molecule has 0 saturated heterocycles. The van der Waals surface area contributed by atoms with Crippen LogP contribution in [-0.2, 0) is 33.4 Å². The van der Waals surface area contributed by atoms with Gasteiger partial charge in [-0.2, -0.15) is 0 Å². The first kappa shape index (κ1) is 18.4. The second kappa shape index (κ2) is 8.19. The van der Waals surface area contributed by atoms with Crippen molar-refractivity contribution >= 4 is 18.5 Å². The van der Waals surface area contributed by atoms with Crippen molar-refractivity contribution < 1.29 is 31.4 Å². The van der Waals surface area contributed by atoms with Gasteiger partial charge in [-0.25, -0.2) is 0 Å². The molecule has 0 aliphatic carbocycles. The van der Waals surface area contributed by atoms with Gasteiger partial charge in [-0.05, 0) is 24.7 Å². The SMILES string of the molecule is CC(C)CC(CC(C)C)OP([O-])([O-])=S.[Cu+2]. The van der Waals surface area contributed by atoms with Crippen LogP contribution in [0.3, 0.4) is 0 Å². The van der Waals surface area contributed by atoms with E-state index in [0.717, 1.165) is 12.8 Å². The van der Waals surface area contributed by atoms with E-state index < -0.39 is 6.72 Å². The maximum absolute atomic E-state index is 10.8. The van der Waals surface area contributed by atoms with E-state index in [0.29, 0.717) is 11.8 Å². The van der Waals surface area contributed by atoms with Crippen LogP contribution in [0.25, 0.3) is 0 Å². The molecule has 0 unspecified atom stereocenters. The van der Waals surface area contributed by atoms with Gasteiger partial charge < -0.3 is 14.3 Å². The fraction of sp³-hybridized carbons (Fsp3) is 1.00. The molecule has 95 valence electrons.